The van der Waals surface area contributed by atoms with Gasteiger partial charge >= 0.3 is 5.97 Å². The van der Waals surface area contributed by atoms with E-state index in [0.717, 1.165) is 16.3 Å². The van der Waals surface area contributed by atoms with E-state index in [0.29, 0.717) is 11.5 Å². The summed E-state index contributed by atoms with van der Waals surface area (Å²) in [7, 11) is 0. The first-order chi connectivity index (χ1) is 21.8. The fraction of sp³-hybridized carbons (Fsp3) is 0.429. The van der Waals surface area contributed by atoms with E-state index in [9.17, 15) is 19.2 Å². The van der Waals surface area contributed by atoms with Crippen molar-refractivity contribution in [3.05, 3.63) is 78.4 Å². The van der Waals surface area contributed by atoms with Crippen LogP contribution in [0.2, 0.25) is 0 Å². The lowest BCUT2D eigenvalue weighted by Gasteiger charge is -2.32. The van der Waals surface area contributed by atoms with Crippen molar-refractivity contribution in [3.8, 4) is 5.75 Å². The molecule has 1 aliphatic heterocycles. The smallest absolute Gasteiger partial charge is 0.329 e. The van der Waals surface area contributed by atoms with Crippen LogP contribution in [0, 0.1) is 5.92 Å². The van der Waals surface area contributed by atoms with Crippen molar-refractivity contribution >= 4 is 46.2 Å². The molecule has 1 fully saturated rings. The third-order valence-electron chi connectivity index (χ3n) is 7.50. The van der Waals surface area contributed by atoms with E-state index in [1.165, 1.54) is 16.7 Å². The molecule has 4 rings (SSSR count). The average molecular weight is 649 g/mol. The molecule has 1 aliphatic rings. The van der Waals surface area contributed by atoms with Crippen molar-refractivity contribution in [3.63, 3.8) is 0 Å². The molecule has 4 atom stereocenters. The fourth-order valence-corrected chi connectivity index (χ4v) is 6.35. The van der Waals surface area contributed by atoms with Crippen LogP contribution in [0.3, 0.4) is 0 Å². The molecule has 10 nitrogen and oxygen atoms in total. The van der Waals surface area contributed by atoms with E-state index in [-0.39, 0.29) is 30.7 Å². The Morgan fingerprint density at radius 2 is 1.65 bits per heavy atom. The van der Waals surface area contributed by atoms with Gasteiger partial charge in [-0.25, -0.2) is 4.79 Å². The Hall–Kier alpha value is -4.09. The van der Waals surface area contributed by atoms with Crippen molar-refractivity contribution in [2.24, 2.45) is 11.7 Å². The number of nitrogens with two attached hydrogens (primary N) is 1. The second-order valence-electron chi connectivity index (χ2n) is 12.8. The minimum Gasteiger partial charge on any atom is -0.483 e. The van der Waals surface area contributed by atoms with E-state index in [1.54, 1.807) is 19.9 Å². The van der Waals surface area contributed by atoms with Crippen LogP contribution in [0.1, 0.15) is 40.2 Å². The lowest BCUT2D eigenvalue weighted by Crippen LogP contribution is -2.58. The molecule has 0 radical (unpaired) electrons. The quantitative estimate of drug-likeness (QED) is 0.253. The topological polar surface area (TPSA) is 140 Å². The van der Waals surface area contributed by atoms with Gasteiger partial charge in [0.25, 0.3) is 11.8 Å². The highest BCUT2D eigenvalue weighted by Crippen LogP contribution is 2.26. The highest BCUT2D eigenvalue weighted by Gasteiger charge is 2.43. The zero-order valence-corrected chi connectivity index (χ0v) is 27.8. The van der Waals surface area contributed by atoms with Gasteiger partial charge in [0.05, 0.1) is 11.9 Å². The molecular formula is C35H44N4O6S. The first kappa shape index (κ1) is 34.8. The summed E-state index contributed by atoms with van der Waals surface area (Å²) in [5, 5.41) is 7.49. The molecule has 1 saturated heterocycles. The number of ether oxygens (including phenoxy) is 2. The summed E-state index contributed by atoms with van der Waals surface area (Å²) < 4.78 is 11.7. The lowest BCUT2D eigenvalue weighted by molar-refractivity contribution is -0.165. The number of fused-ring (bicyclic) bond motifs is 1. The molecule has 0 bridgehead atoms. The Balaban J connectivity index is 1.49. The van der Waals surface area contributed by atoms with Gasteiger partial charge in [-0.1, -0.05) is 80.6 Å². The van der Waals surface area contributed by atoms with Gasteiger partial charge in [0.15, 0.2) is 12.7 Å². The third-order valence-corrected chi connectivity index (χ3v) is 8.51. The highest BCUT2D eigenvalue weighted by atomic mass is 32.2. The number of hydrogen-bond acceptors (Lipinski definition) is 8. The summed E-state index contributed by atoms with van der Waals surface area (Å²) >= 11 is 1.44. The average Bonchev–Trinajstić information content (AvgIpc) is 3.51. The SMILES string of the molecule is CC(C)[C@H](NC(=O)COc1cccc2ccccc12)C(=O)O[C@H](C(=O)N1CSC[C@H]1C(=O)NC(C)(C)C)[C@@H](N)Cc1ccccc1. The van der Waals surface area contributed by atoms with E-state index in [2.05, 4.69) is 10.6 Å². The third kappa shape index (κ3) is 9.23. The summed E-state index contributed by atoms with van der Waals surface area (Å²) in [6.07, 6.45) is -1.14. The molecule has 0 spiro atoms. The molecule has 0 aromatic heterocycles. The van der Waals surface area contributed by atoms with Crippen LogP contribution in [0.5, 0.6) is 5.75 Å². The predicted molar refractivity (Wildman–Crippen MR) is 180 cm³/mol. The normalized spacial score (nSPS) is 16.8. The van der Waals surface area contributed by atoms with Crippen LogP contribution in [0.25, 0.3) is 10.8 Å². The summed E-state index contributed by atoms with van der Waals surface area (Å²) in [5.41, 5.74) is 6.96. The van der Waals surface area contributed by atoms with Gasteiger partial charge in [0.2, 0.25) is 5.91 Å². The Morgan fingerprint density at radius 3 is 2.35 bits per heavy atom. The number of esters is 1. The van der Waals surface area contributed by atoms with E-state index < -0.39 is 47.6 Å². The van der Waals surface area contributed by atoms with Crippen molar-refractivity contribution < 1.29 is 28.7 Å². The van der Waals surface area contributed by atoms with Crippen LogP contribution >= 0.6 is 11.8 Å². The number of nitrogens with one attached hydrogen (secondary N) is 2. The standard InChI is InChI=1S/C35H44N4O6S/c1-22(2)30(37-29(40)19-44-28-17-11-15-24-14-9-10-16-25(24)28)34(43)45-31(26(36)18-23-12-7-6-8-13-23)33(42)39-21-46-20-27(39)32(41)38-35(3,4)5/h6-17,22,26-27,30-31H,18-21,36H2,1-5H3,(H,37,40)(H,38,41)/t26-,27-,30-,31-/m0/s1. The van der Waals surface area contributed by atoms with Crippen molar-refractivity contribution in [1.82, 2.24) is 15.5 Å². The van der Waals surface area contributed by atoms with Crippen LogP contribution in [0.4, 0.5) is 0 Å². The van der Waals surface area contributed by atoms with E-state index >= 15 is 0 Å². The van der Waals surface area contributed by atoms with E-state index in [4.69, 9.17) is 15.2 Å². The minimum absolute atomic E-state index is 0.252. The number of thioether (sulfide) groups is 1. The lowest BCUT2D eigenvalue weighted by atomic mass is 9.99. The number of nitrogens with zero attached hydrogens (tertiary/aromatic N) is 1. The fourth-order valence-electron chi connectivity index (χ4n) is 5.18. The maximum Gasteiger partial charge on any atom is 0.329 e. The Labute approximate surface area is 274 Å². The van der Waals surface area contributed by atoms with Crippen LogP contribution < -0.4 is 21.1 Å². The van der Waals surface area contributed by atoms with Gasteiger partial charge in [-0.3, -0.25) is 14.4 Å². The van der Waals surface area contributed by atoms with E-state index in [1.807, 2.05) is 87.5 Å². The molecule has 0 unspecified atom stereocenters. The summed E-state index contributed by atoms with van der Waals surface area (Å²) in [6.45, 7) is 8.81. The predicted octanol–water partition coefficient (Wildman–Crippen LogP) is 3.66. The molecule has 1 heterocycles. The monoisotopic (exact) mass is 648 g/mol. The minimum atomic E-state index is -1.39. The maximum absolute atomic E-state index is 14.0. The Morgan fingerprint density at radius 1 is 0.978 bits per heavy atom. The zero-order valence-electron chi connectivity index (χ0n) is 27.0. The molecule has 246 valence electrons. The van der Waals surface area contributed by atoms with Gasteiger partial charge in [-0.2, -0.15) is 0 Å². The van der Waals surface area contributed by atoms with Gasteiger partial charge in [-0.05, 0) is 50.1 Å². The second kappa shape index (κ2) is 15.5. The van der Waals surface area contributed by atoms with Crippen molar-refractivity contribution in [1.29, 1.82) is 0 Å². The van der Waals surface area contributed by atoms with Gasteiger partial charge < -0.3 is 30.7 Å². The highest BCUT2D eigenvalue weighted by molar-refractivity contribution is 7.99. The van der Waals surface area contributed by atoms with Gasteiger partial charge in [0, 0.05) is 16.7 Å². The van der Waals surface area contributed by atoms with Crippen LogP contribution in [-0.2, 0) is 30.3 Å². The number of benzene rings is 3. The number of hydrogen-bond donors (Lipinski definition) is 3. The Bertz CT molecular complexity index is 1520. The Kier molecular flexibility index (Phi) is 11.7. The molecule has 0 aliphatic carbocycles. The molecule has 3 aromatic carbocycles. The summed E-state index contributed by atoms with van der Waals surface area (Å²) in [6, 6.07) is 19.9. The van der Waals surface area contributed by atoms with Crippen molar-refractivity contribution in [2.45, 2.75) is 70.8 Å². The first-order valence-corrected chi connectivity index (χ1v) is 16.6. The van der Waals surface area contributed by atoms with Crippen molar-refractivity contribution in [2.75, 3.05) is 18.2 Å². The second-order valence-corrected chi connectivity index (χ2v) is 13.8. The summed E-state index contributed by atoms with van der Waals surface area (Å²) in [5.74, 6) is -1.32. The van der Waals surface area contributed by atoms with Gasteiger partial charge in [0.1, 0.15) is 17.8 Å². The van der Waals surface area contributed by atoms with Crippen LogP contribution in [-0.4, -0.2) is 76.6 Å². The zero-order chi connectivity index (χ0) is 33.4. The molecule has 4 N–H and O–H groups in total. The largest absolute Gasteiger partial charge is 0.483 e. The number of carbonyl (C=O) groups is 4. The van der Waals surface area contributed by atoms with Gasteiger partial charge in [-0.15, -0.1) is 11.8 Å². The molecule has 3 aromatic rings. The molecule has 0 saturated carbocycles. The first-order valence-electron chi connectivity index (χ1n) is 15.4. The summed E-state index contributed by atoms with van der Waals surface area (Å²) in [4.78, 5) is 55.3. The number of rotatable bonds is 12. The molecular weight excluding hydrogens is 604 g/mol. The molecule has 46 heavy (non-hydrogen) atoms. The van der Waals surface area contributed by atoms with Crippen LogP contribution in [0.15, 0.2) is 72.8 Å². The molecule has 3 amide bonds. The molecule has 11 heteroatoms. The number of carbonyl (C=O) groups excluding carboxylic acids is 4. The number of amides is 3. The maximum atomic E-state index is 14.0.